The normalized spacial score (nSPS) is 54.6. The fraction of sp³-hybridized carbons (Fsp3) is 0.846. The van der Waals surface area contributed by atoms with E-state index < -0.39 is 0 Å². The molecule has 0 heterocycles. The second-order valence-corrected chi connectivity index (χ2v) is 6.24. The summed E-state index contributed by atoms with van der Waals surface area (Å²) in [5, 5.41) is 0. The Hall–Kier alpha value is -0.460. The molecule has 2 unspecified atom stereocenters. The third-order valence-corrected chi connectivity index (χ3v) is 4.63. The molecule has 1 nitrogen and oxygen atoms in total. The van der Waals surface area contributed by atoms with Gasteiger partial charge in [0.1, 0.15) is 5.60 Å². The minimum atomic E-state index is 0.195. The molecule has 1 heteroatoms. The standard InChI is InChI=1S/C13H20O/c1-3-14-13-7-10-4-11(8-13)6-12(2,5-10)9-13/h3,10-11H,1,4-9H2,2H3. The van der Waals surface area contributed by atoms with Crippen molar-refractivity contribution in [1.82, 2.24) is 0 Å². The van der Waals surface area contributed by atoms with Crippen LogP contribution in [0.5, 0.6) is 0 Å². The van der Waals surface area contributed by atoms with Crippen LogP contribution >= 0.6 is 0 Å². The Labute approximate surface area is 86.5 Å². The minimum absolute atomic E-state index is 0.195. The van der Waals surface area contributed by atoms with Crippen molar-refractivity contribution >= 4 is 0 Å². The first-order chi connectivity index (χ1) is 6.63. The summed E-state index contributed by atoms with van der Waals surface area (Å²) in [4.78, 5) is 0. The molecule has 0 spiro atoms. The van der Waals surface area contributed by atoms with Crippen molar-refractivity contribution < 1.29 is 4.74 Å². The van der Waals surface area contributed by atoms with Gasteiger partial charge in [-0.15, -0.1) is 0 Å². The van der Waals surface area contributed by atoms with E-state index in [-0.39, 0.29) is 5.60 Å². The average Bonchev–Trinajstić information content (AvgIpc) is 1.97. The molecule has 0 aliphatic heterocycles. The van der Waals surface area contributed by atoms with Gasteiger partial charge in [-0.25, -0.2) is 0 Å². The van der Waals surface area contributed by atoms with Crippen LogP contribution in [0.2, 0.25) is 0 Å². The summed E-state index contributed by atoms with van der Waals surface area (Å²) in [6, 6.07) is 0. The lowest BCUT2D eigenvalue weighted by Gasteiger charge is -2.60. The lowest BCUT2D eigenvalue weighted by atomic mass is 9.48. The molecular weight excluding hydrogens is 172 g/mol. The zero-order valence-electron chi connectivity index (χ0n) is 9.09. The monoisotopic (exact) mass is 192 g/mol. The van der Waals surface area contributed by atoms with Crippen molar-refractivity contribution in [3.63, 3.8) is 0 Å². The van der Waals surface area contributed by atoms with E-state index in [1.54, 1.807) is 6.26 Å². The highest BCUT2D eigenvalue weighted by atomic mass is 16.5. The Morgan fingerprint density at radius 1 is 1.21 bits per heavy atom. The molecule has 4 aliphatic rings. The van der Waals surface area contributed by atoms with E-state index in [4.69, 9.17) is 4.74 Å². The van der Waals surface area contributed by atoms with Gasteiger partial charge in [-0.05, 0) is 55.8 Å². The third-order valence-electron chi connectivity index (χ3n) is 4.63. The van der Waals surface area contributed by atoms with Gasteiger partial charge in [0.05, 0.1) is 6.26 Å². The predicted molar refractivity (Wildman–Crippen MR) is 56.8 cm³/mol. The molecule has 4 bridgehead atoms. The van der Waals surface area contributed by atoms with Crippen LogP contribution in [0.4, 0.5) is 0 Å². The first-order valence-corrected chi connectivity index (χ1v) is 5.92. The topological polar surface area (TPSA) is 9.23 Å². The largest absolute Gasteiger partial charge is 0.495 e. The summed E-state index contributed by atoms with van der Waals surface area (Å²) in [5.74, 6) is 1.89. The maximum atomic E-state index is 5.87. The lowest BCUT2D eigenvalue weighted by Crippen LogP contribution is -2.55. The van der Waals surface area contributed by atoms with Gasteiger partial charge in [-0.1, -0.05) is 13.5 Å². The number of hydrogen-bond donors (Lipinski definition) is 0. The summed E-state index contributed by atoms with van der Waals surface area (Å²) in [5.41, 5.74) is 0.785. The van der Waals surface area contributed by atoms with Crippen LogP contribution in [0, 0.1) is 17.3 Å². The van der Waals surface area contributed by atoms with Crippen molar-refractivity contribution in [2.24, 2.45) is 17.3 Å². The van der Waals surface area contributed by atoms with Gasteiger partial charge in [0.15, 0.2) is 0 Å². The second-order valence-electron chi connectivity index (χ2n) is 6.24. The van der Waals surface area contributed by atoms with E-state index in [9.17, 15) is 0 Å². The van der Waals surface area contributed by atoms with Crippen molar-refractivity contribution in [3.8, 4) is 0 Å². The minimum Gasteiger partial charge on any atom is -0.495 e. The van der Waals surface area contributed by atoms with Gasteiger partial charge in [-0.2, -0.15) is 0 Å². The van der Waals surface area contributed by atoms with Crippen molar-refractivity contribution in [1.29, 1.82) is 0 Å². The van der Waals surface area contributed by atoms with Crippen molar-refractivity contribution in [3.05, 3.63) is 12.8 Å². The predicted octanol–water partition coefficient (Wildman–Crippen LogP) is 3.51. The van der Waals surface area contributed by atoms with E-state index in [0.717, 1.165) is 11.8 Å². The molecule has 4 saturated carbocycles. The molecular formula is C13H20O. The molecule has 14 heavy (non-hydrogen) atoms. The number of rotatable bonds is 2. The Morgan fingerprint density at radius 3 is 2.36 bits per heavy atom. The SMILES string of the molecule is C=COC12CC3CC(CC(C)(C3)C1)C2. The third kappa shape index (κ3) is 1.14. The van der Waals surface area contributed by atoms with Gasteiger partial charge in [0, 0.05) is 0 Å². The first kappa shape index (κ1) is 8.82. The van der Waals surface area contributed by atoms with Gasteiger partial charge in [-0.3, -0.25) is 0 Å². The van der Waals surface area contributed by atoms with Crippen molar-refractivity contribution in [2.45, 2.75) is 51.0 Å². The Morgan fingerprint density at radius 2 is 1.86 bits per heavy atom. The van der Waals surface area contributed by atoms with Crippen LogP contribution in [0.15, 0.2) is 12.8 Å². The summed E-state index contributed by atoms with van der Waals surface area (Å²) < 4.78 is 5.87. The van der Waals surface area contributed by atoms with Gasteiger partial charge in [0.2, 0.25) is 0 Å². The fourth-order valence-electron chi connectivity index (χ4n) is 4.94. The van der Waals surface area contributed by atoms with Gasteiger partial charge in [0.25, 0.3) is 0 Å². The second kappa shape index (κ2) is 2.56. The van der Waals surface area contributed by atoms with Crippen LogP contribution in [0.3, 0.4) is 0 Å². The van der Waals surface area contributed by atoms with Crippen LogP contribution in [0.25, 0.3) is 0 Å². The summed E-state index contributed by atoms with van der Waals surface area (Å²) >= 11 is 0. The summed E-state index contributed by atoms with van der Waals surface area (Å²) in [6.07, 6.45) is 9.92. The van der Waals surface area contributed by atoms with E-state index in [2.05, 4.69) is 13.5 Å². The van der Waals surface area contributed by atoms with E-state index in [0.29, 0.717) is 5.41 Å². The smallest absolute Gasteiger partial charge is 0.109 e. The molecule has 0 saturated heterocycles. The number of ether oxygens (including phenoxy) is 1. The van der Waals surface area contributed by atoms with Crippen LogP contribution in [-0.2, 0) is 4.74 Å². The molecule has 2 atom stereocenters. The average molecular weight is 192 g/mol. The highest BCUT2D eigenvalue weighted by Gasteiger charge is 2.56. The quantitative estimate of drug-likeness (QED) is 0.608. The van der Waals surface area contributed by atoms with Crippen molar-refractivity contribution in [2.75, 3.05) is 0 Å². The molecule has 4 aliphatic carbocycles. The summed E-state index contributed by atoms with van der Waals surface area (Å²) in [6.45, 7) is 6.20. The van der Waals surface area contributed by atoms with Crippen LogP contribution < -0.4 is 0 Å². The molecule has 0 aromatic heterocycles. The molecule has 0 aromatic rings. The zero-order valence-corrected chi connectivity index (χ0v) is 9.09. The number of hydrogen-bond acceptors (Lipinski definition) is 1. The molecule has 4 rings (SSSR count). The Kier molecular flexibility index (Phi) is 1.61. The zero-order chi connectivity index (χ0) is 9.81. The molecule has 0 amide bonds. The fourth-order valence-corrected chi connectivity index (χ4v) is 4.94. The Balaban J connectivity index is 1.92. The highest BCUT2D eigenvalue weighted by molar-refractivity contribution is 5.08. The van der Waals surface area contributed by atoms with Gasteiger partial charge >= 0.3 is 0 Å². The first-order valence-electron chi connectivity index (χ1n) is 5.92. The molecule has 0 radical (unpaired) electrons. The maximum absolute atomic E-state index is 5.87. The lowest BCUT2D eigenvalue weighted by molar-refractivity contribution is -0.161. The van der Waals surface area contributed by atoms with Crippen LogP contribution in [0.1, 0.15) is 45.4 Å². The Bertz CT molecular complexity index is 254. The van der Waals surface area contributed by atoms with E-state index in [1.807, 2.05) is 0 Å². The van der Waals surface area contributed by atoms with Crippen LogP contribution in [-0.4, -0.2) is 5.60 Å². The molecule has 4 fully saturated rings. The highest BCUT2D eigenvalue weighted by Crippen LogP contribution is 2.62. The van der Waals surface area contributed by atoms with Gasteiger partial charge < -0.3 is 4.74 Å². The molecule has 78 valence electrons. The molecule has 0 N–H and O–H groups in total. The summed E-state index contributed by atoms with van der Waals surface area (Å²) in [7, 11) is 0. The maximum Gasteiger partial charge on any atom is 0.109 e. The molecule has 0 aromatic carbocycles. The van der Waals surface area contributed by atoms with E-state index >= 15 is 0 Å². The van der Waals surface area contributed by atoms with E-state index in [1.165, 1.54) is 38.5 Å².